The van der Waals surface area contributed by atoms with Gasteiger partial charge < -0.3 is 9.73 Å². The van der Waals surface area contributed by atoms with Crippen molar-refractivity contribution in [2.75, 3.05) is 5.32 Å². The topological polar surface area (TPSA) is 51.0 Å². The van der Waals surface area contributed by atoms with Crippen LogP contribution in [0.4, 0.5) is 5.82 Å². The zero-order chi connectivity index (χ0) is 13.7. The number of hydrogen-bond donors (Lipinski definition) is 1. The van der Waals surface area contributed by atoms with Crippen LogP contribution in [0.2, 0.25) is 5.15 Å². The van der Waals surface area contributed by atoms with Crippen molar-refractivity contribution in [1.29, 1.82) is 0 Å². The van der Waals surface area contributed by atoms with Crippen LogP contribution in [0.3, 0.4) is 0 Å². The number of nitrogens with one attached hydrogen (secondary N) is 1. The van der Waals surface area contributed by atoms with E-state index in [4.69, 9.17) is 16.0 Å². The first kappa shape index (κ1) is 13.9. The zero-order valence-corrected chi connectivity index (χ0v) is 11.9. The summed E-state index contributed by atoms with van der Waals surface area (Å²) < 4.78 is 5.33. The minimum Gasteiger partial charge on any atom is -0.469 e. The fourth-order valence-electron chi connectivity index (χ4n) is 1.91. The van der Waals surface area contributed by atoms with Gasteiger partial charge in [0, 0.05) is 24.9 Å². The summed E-state index contributed by atoms with van der Waals surface area (Å²) in [4.78, 5) is 8.66. The number of furan rings is 1. The molecule has 1 atom stereocenters. The Bertz CT molecular complexity index is 513. The molecule has 0 saturated heterocycles. The normalized spacial score (nSPS) is 12.4. The Morgan fingerprint density at radius 3 is 2.95 bits per heavy atom. The number of aryl methyl sites for hydroxylation is 1. The van der Waals surface area contributed by atoms with Gasteiger partial charge in [0.05, 0.1) is 6.26 Å². The molecule has 5 heteroatoms. The van der Waals surface area contributed by atoms with E-state index in [9.17, 15) is 0 Å². The van der Waals surface area contributed by atoms with Gasteiger partial charge in [-0.15, -0.1) is 0 Å². The highest BCUT2D eigenvalue weighted by molar-refractivity contribution is 6.29. The maximum Gasteiger partial charge on any atom is 0.134 e. The summed E-state index contributed by atoms with van der Waals surface area (Å²) in [5.41, 5.74) is 0. The first-order chi connectivity index (χ1) is 9.17. The lowest BCUT2D eigenvalue weighted by Gasteiger charge is -2.14. The maximum absolute atomic E-state index is 6.00. The summed E-state index contributed by atoms with van der Waals surface area (Å²) in [6.07, 6.45) is 4.32. The standard InChI is InChI=1S/C14H18ClN3O/c1-3-5-13-17-12(15)9-14(18-13)16-10(2)8-11-6-4-7-19-11/h4,6-7,9-10H,3,5,8H2,1-2H3,(H,16,17,18). The van der Waals surface area contributed by atoms with E-state index >= 15 is 0 Å². The predicted molar refractivity (Wildman–Crippen MR) is 76.5 cm³/mol. The van der Waals surface area contributed by atoms with Gasteiger partial charge >= 0.3 is 0 Å². The molecule has 0 aromatic carbocycles. The second kappa shape index (κ2) is 6.57. The highest BCUT2D eigenvalue weighted by Crippen LogP contribution is 2.15. The monoisotopic (exact) mass is 279 g/mol. The highest BCUT2D eigenvalue weighted by Gasteiger charge is 2.08. The quantitative estimate of drug-likeness (QED) is 0.819. The molecule has 1 N–H and O–H groups in total. The number of anilines is 1. The van der Waals surface area contributed by atoms with Crippen LogP contribution in [0.1, 0.15) is 31.9 Å². The number of halogens is 1. The first-order valence-corrected chi connectivity index (χ1v) is 6.87. The third-order valence-corrected chi connectivity index (χ3v) is 2.89. The van der Waals surface area contributed by atoms with Gasteiger partial charge in [0.2, 0.25) is 0 Å². The van der Waals surface area contributed by atoms with E-state index in [1.807, 2.05) is 12.1 Å². The molecule has 0 fully saturated rings. The number of nitrogens with zero attached hydrogens (tertiary/aromatic N) is 2. The predicted octanol–water partition coefficient (Wildman–Crippen LogP) is 3.72. The number of hydrogen-bond acceptors (Lipinski definition) is 4. The fourth-order valence-corrected chi connectivity index (χ4v) is 2.11. The van der Waals surface area contributed by atoms with Crippen LogP contribution in [0, 0.1) is 0 Å². The summed E-state index contributed by atoms with van der Waals surface area (Å²) in [6, 6.07) is 5.82. The zero-order valence-electron chi connectivity index (χ0n) is 11.2. The van der Waals surface area contributed by atoms with Crippen LogP contribution in [0.15, 0.2) is 28.9 Å². The van der Waals surface area contributed by atoms with Gasteiger partial charge in [-0.3, -0.25) is 0 Å². The van der Waals surface area contributed by atoms with E-state index in [1.54, 1.807) is 12.3 Å². The lowest BCUT2D eigenvalue weighted by Crippen LogP contribution is -2.19. The molecule has 0 aliphatic carbocycles. The molecule has 2 aromatic rings. The number of aromatic nitrogens is 2. The lowest BCUT2D eigenvalue weighted by molar-refractivity contribution is 0.497. The third-order valence-electron chi connectivity index (χ3n) is 2.70. The van der Waals surface area contributed by atoms with Crippen LogP contribution >= 0.6 is 11.6 Å². The van der Waals surface area contributed by atoms with Crippen molar-refractivity contribution < 1.29 is 4.42 Å². The van der Waals surface area contributed by atoms with Crippen LogP contribution in [0.5, 0.6) is 0 Å². The molecule has 0 spiro atoms. The first-order valence-electron chi connectivity index (χ1n) is 6.49. The van der Waals surface area contributed by atoms with Gasteiger partial charge in [0.1, 0.15) is 22.6 Å². The minimum atomic E-state index is 0.214. The van der Waals surface area contributed by atoms with Crippen molar-refractivity contribution in [1.82, 2.24) is 9.97 Å². The minimum absolute atomic E-state index is 0.214. The molecule has 102 valence electrons. The average Bonchev–Trinajstić information content (AvgIpc) is 2.81. The molecule has 0 aliphatic rings. The molecule has 4 nitrogen and oxygen atoms in total. The molecule has 1 unspecified atom stereocenters. The molecular formula is C14H18ClN3O. The Morgan fingerprint density at radius 1 is 1.42 bits per heavy atom. The van der Waals surface area contributed by atoms with E-state index in [2.05, 4.69) is 29.1 Å². The molecule has 0 radical (unpaired) electrons. The summed E-state index contributed by atoms with van der Waals surface area (Å²) in [5.74, 6) is 2.50. The molecule has 2 heterocycles. The molecule has 0 aliphatic heterocycles. The van der Waals surface area contributed by atoms with E-state index in [0.29, 0.717) is 5.15 Å². The van der Waals surface area contributed by atoms with Crippen molar-refractivity contribution in [2.45, 2.75) is 39.2 Å². The molecular weight excluding hydrogens is 262 g/mol. The Labute approximate surface area is 118 Å². The van der Waals surface area contributed by atoms with Crippen molar-refractivity contribution in [3.8, 4) is 0 Å². The van der Waals surface area contributed by atoms with Gasteiger partial charge in [-0.05, 0) is 25.5 Å². The molecule has 2 aromatic heterocycles. The SMILES string of the molecule is CCCc1nc(Cl)cc(NC(C)Cc2ccco2)n1. The van der Waals surface area contributed by atoms with E-state index in [0.717, 1.165) is 36.7 Å². The van der Waals surface area contributed by atoms with E-state index < -0.39 is 0 Å². The smallest absolute Gasteiger partial charge is 0.134 e. The number of rotatable bonds is 6. The van der Waals surface area contributed by atoms with E-state index in [1.165, 1.54) is 0 Å². The van der Waals surface area contributed by atoms with Gasteiger partial charge in [0.15, 0.2) is 0 Å². The van der Waals surface area contributed by atoms with Gasteiger partial charge in [0.25, 0.3) is 0 Å². The van der Waals surface area contributed by atoms with Crippen molar-refractivity contribution in [2.24, 2.45) is 0 Å². The summed E-state index contributed by atoms with van der Waals surface area (Å²) in [5, 5.41) is 3.80. The van der Waals surface area contributed by atoms with Gasteiger partial charge in [-0.1, -0.05) is 18.5 Å². The van der Waals surface area contributed by atoms with Gasteiger partial charge in [-0.2, -0.15) is 0 Å². The molecule has 0 amide bonds. The van der Waals surface area contributed by atoms with Gasteiger partial charge in [-0.25, -0.2) is 9.97 Å². The summed E-state index contributed by atoms with van der Waals surface area (Å²) in [6.45, 7) is 4.18. The highest BCUT2D eigenvalue weighted by atomic mass is 35.5. The molecule has 2 rings (SSSR count). The summed E-state index contributed by atoms with van der Waals surface area (Å²) in [7, 11) is 0. The third kappa shape index (κ3) is 4.24. The van der Waals surface area contributed by atoms with E-state index in [-0.39, 0.29) is 6.04 Å². The Hall–Kier alpha value is -1.55. The molecule has 0 bridgehead atoms. The summed E-state index contributed by atoms with van der Waals surface area (Å²) >= 11 is 6.00. The van der Waals surface area contributed by atoms with Crippen LogP contribution in [-0.2, 0) is 12.8 Å². The lowest BCUT2D eigenvalue weighted by atomic mass is 10.2. The Morgan fingerprint density at radius 2 is 2.26 bits per heavy atom. The Balaban J connectivity index is 2.01. The van der Waals surface area contributed by atoms with Crippen molar-refractivity contribution >= 4 is 17.4 Å². The van der Waals surface area contributed by atoms with Crippen LogP contribution in [-0.4, -0.2) is 16.0 Å². The largest absolute Gasteiger partial charge is 0.469 e. The Kier molecular flexibility index (Phi) is 4.80. The van der Waals surface area contributed by atoms with Crippen molar-refractivity contribution in [3.05, 3.63) is 41.2 Å². The molecule has 19 heavy (non-hydrogen) atoms. The second-order valence-electron chi connectivity index (χ2n) is 4.57. The molecule has 0 saturated carbocycles. The van der Waals surface area contributed by atoms with Crippen molar-refractivity contribution in [3.63, 3.8) is 0 Å². The maximum atomic E-state index is 6.00. The van der Waals surface area contributed by atoms with Crippen LogP contribution in [0.25, 0.3) is 0 Å². The van der Waals surface area contributed by atoms with Crippen LogP contribution < -0.4 is 5.32 Å². The average molecular weight is 280 g/mol. The second-order valence-corrected chi connectivity index (χ2v) is 4.96. The fraction of sp³-hybridized carbons (Fsp3) is 0.429.